The minimum atomic E-state index is 0.329. The van der Waals surface area contributed by atoms with Gasteiger partial charge in [0.2, 0.25) is 5.91 Å². The van der Waals surface area contributed by atoms with Gasteiger partial charge in [0.15, 0.2) is 0 Å². The average Bonchev–Trinajstić information content (AvgIpc) is 3.21. The Morgan fingerprint density at radius 1 is 1.50 bits per heavy atom. The number of rotatable bonds is 6. The van der Waals surface area contributed by atoms with Crippen LogP contribution < -0.4 is 5.32 Å². The molecule has 0 bridgehead atoms. The monoisotopic (exact) mass is 250 g/mol. The summed E-state index contributed by atoms with van der Waals surface area (Å²) in [7, 11) is 0. The number of amides is 1. The second kappa shape index (κ2) is 6.37. The fraction of sp³-hybridized carbons (Fsp3) is 0.800. The molecule has 2 fully saturated rings. The molecule has 1 aliphatic heterocycles. The van der Waals surface area contributed by atoms with Crippen molar-refractivity contribution >= 4 is 5.91 Å². The Bertz CT molecular complexity index is 293. The summed E-state index contributed by atoms with van der Waals surface area (Å²) in [4.78, 5) is 14.4. The van der Waals surface area contributed by atoms with E-state index in [2.05, 4.69) is 18.8 Å². The van der Waals surface area contributed by atoms with Crippen LogP contribution in [0.15, 0.2) is 12.7 Å². The van der Waals surface area contributed by atoms with Crippen molar-refractivity contribution in [3.63, 3.8) is 0 Å². The van der Waals surface area contributed by atoms with E-state index >= 15 is 0 Å². The number of carbonyl (C=O) groups excluding carboxylic acids is 1. The van der Waals surface area contributed by atoms with Crippen molar-refractivity contribution in [1.82, 2.24) is 10.2 Å². The van der Waals surface area contributed by atoms with Crippen LogP contribution in [0.25, 0.3) is 0 Å². The molecule has 1 N–H and O–H groups in total. The fourth-order valence-corrected chi connectivity index (χ4v) is 2.90. The Morgan fingerprint density at radius 3 is 2.83 bits per heavy atom. The van der Waals surface area contributed by atoms with E-state index in [9.17, 15) is 4.79 Å². The summed E-state index contributed by atoms with van der Waals surface area (Å²) in [6.45, 7) is 8.93. The second-order valence-corrected chi connectivity index (χ2v) is 5.85. The van der Waals surface area contributed by atoms with Crippen LogP contribution in [0.5, 0.6) is 0 Å². The third-order valence-corrected chi connectivity index (χ3v) is 4.27. The average molecular weight is 250 g/mol. The van der Waals surface area contributed by atoms with E-state index in [4.69, 9.17) is 0 Å². The lowest BCUT2D eigenvalue weighted by atomic mass is 9.85. The molecule has 1 amide bonds. The van der Waals surface area contributed by atoms with E-state index in [1.165, 1.54) is 25.7 Å². The number of nitrogens with one attached hydrogen (secondary N) is 1. The first kappa shape index (κ1) is 13.6. The lowest BCUT2D eigenvalue weighted by molar-refractivity contribution is -0.132. The van der Waals surface area contributed by atoms with Gasteiger partial charge < -0.3 is 10.2 Å². The van der Waals surface area contributed by atoms with Gasteiger partial charge >= 0.3 is 0 Å². The normalized spacial score (nSPS) is 25.5. The summed E-state index contributed by atoms with van der Waals surface area (Å²) in [6, 6.07) is 0.507. The molecule has 3 heteroatoms. The first-order chi connectivity index (χ1) is 8.72. The van der Waals surface area contributed by atoms with Crippen LogP contribution in [0.1, 0.15) is 39.0 Å². The zero-order valence-corrected chi connectivity index (χ0v) is 11.5. The quantitative estimate of drug-likeness (QED) is 0.733. The molecule has 2 aliphatic rings. The van der Waals surface area contributed by atoms with Crippen LogP contribution in [-0.4, -0.2) is 36.5 Å². The molecule has 0 aromatic heterocycles. The first-order valence-corrected chi connectivity index (χ1v) is 7.33. The Balaban J connectivity index is 1.82. The fourth-order valence-electron chi connectivity index (χ4n) is 2.90. The Labute approximate surface area is 111 Å². The number of nitrogens with zero attached hydrogens (tertiary/aromatic N) is 1. The largest absolute Gasteiger partial charge is 0.336 e. The van der Waals surface area contributed by atoms with Gasteiger partial charge in [0.25, 0.3) is 0 Å². The summed E-state index contributed by atoms with van der Waals surface area (Å²) >= 11 is 0. The van der Waals surface area contributed by atoms with Crippen LogP contribution in [-0.2, 0) is 4.79 Å². The predicted octanol–water partition coefficient (Wildman–Crippen LogP) is 2.19. The molecule has 3 nitrogen and oxygen atoms in total. The minimum Gasteiger partial charge on any atom is -0.336 e. The molecule has 0 spiro atoms. The van der Waals surface area contributed by atoms with Gasteiger partial charge in [-0.25, -0.2) is 0 Å². The standard InChI is InChI=1S/C15H26N2O/c1-3-9-17(14-6-7-14)15(18)10-12(2)13-5-4-8-16-11-13/h3,12-14,16H,1,4-11H2,2H3. The van der Waals surface area contributed by atoms with Gasteiger partial charge in [-0.15, -0.1) is 6.58 Å². The van der Waals surface area contributed by atoms with Gasteiger partial charge in [-0.3, -0.25) is 4.79 Å². The molecule has 1 aliphatic carbocycles. The van der Waals surface area contributed by atoms with Gasteiger partial charge in [0.1, 0.15) is 0 Å². The van der Waals surface area contributed by atoms with Crippen molar-refractivity contribution in [3.05, 3.63) is 12.7 Å². The van der Waals surface area contributed by atoms with Crippen molar-refractivity contribution < 1.29 is 4.79 Å². The van der Waals surface area contributed by atoms with Crippen molar-refractivity contribution in [2.45, 2.75) is 45.1 Å². The summed E-state index contributed by atoms with van der Waals surface area (Å²) in [5.74, 6) is 1.50. The van der Waals surface area contributed by atoms with Gasteiger partial charge in [-0.2, -0.15) is 0 Å². The lowest BCUT2D eigenvalue weighted by Crippen LogP contribution is -2.38. The molecule has 2 atom stereocenters. The van der Waals surface area contributed by atoms with E-state index in [0.717, 1.165) is 19.6 Å². The maximum Gasteiger partial charge on any atom is 0.223 e. The summed E-state index contributed by atoms with van der Waals surface area (Å²) < 4.78 is 0. The molecule has 1 saturated carbocycles. The maximum atomic E-state index is 12.3. The highest BCUT2D eigenvalue weighted by atomic mass is 16.2. The molecule has 0 aromatic rings. The van der Waals surface area contributed by atoms with E-state index in [0.29, 0.717) is 30.2 Å². The predicted molar refractivity (Wildman–Crippen MR) is 74.3 cm³/mol. The van der Waals surface area contributed by atoms with E-state index in [1.807, 2.05) is 11.0 Å². The minimum absolute atomic E-state index is 0.329. The number of carbonyl (C=O) groups is 1. The van der Waals surface area contributed by atoms with Gasteiger partial charge in [0.05, 0.1) is 0 Å². The third kappa shape index (κ3) is 3.58. The molecule has 0 aromatic carbocycles. The van der Waals surface area contributed by atoms with E-state index in [-0.39, 0.29) is 0 Å². The lowest BCUT2D eigenvalue weighted by Gasteiger charge is -2.30. The van der Waals surface area contributed by atoms with E-state index in [1.54, 1.807) is 0 Å². The number of hydrogen-bond acceptors (Lipinski definition) is 2. The van der Waals surface area contributed by atoms with Gasteiger partial charge in [-0.05, 0) is 50.6 Å². The molecule has 1 heterocycles. The Kier molecular flexibility index (Phi) is 4.81. The van der Waals surface area contributed by atoms with Crippen LogP contribution in [0.3, 0.4) is 0 Å². The maximum absolute atomic E-state index is 12.3. The molecule has 2 rings (SSSR count). The summed E-state index contributed by atoms with van der Waals surface area (Å²) in [5, 5.41) is 3.44. The zero-order chi connectivity index (χ0) is 13.0. The molecular weight excluding hydrogens is 224 g/mol. The SMILES string of the molecule is C=CCN(C(=O)CC(C)C1CCCNC1)C1CC1. The summed E-state index contributed by atoms with van der Waals surface area (Å²) in [5.41, 5.74) is 0. The zero-order valence-electron chi connectivity index (χ0n) is 11.5. The van der Waals surface area contributed by atoms with Gasteiger partial charge in [-0.1, -0.05) is 13.0 Å². The van der Waals surface area contributed by atoms with Crippen LogP contribution >= 0.6 is 0 Å². The molecule has 102 valence electrons. The van der Waals surface area contributed by atoms with Crippen molar-refractivity contribution in [2.24, 2.45) is 11.8 Å². The van der Waals surface area contributed by atoms with Crippen molar-refractivity contribution in [1.29, 1.82) is 0 Å². The third-order valence-electron chi connectivity index (χ3n) is 4.27. The molecule has 0 radical (unpaired) electrons. The van der Waals surface area contributed by atoms with Crippen LogP contribution in [0.4, 0.5) is 0 Å². The molecular formula is C15H26N2O. The second-order valence-electron chi connectivity index (χ2n) is 5.85. The first-order valence-electron chi connectivity index (χ1n) is 7.33. The van der Waals surface area contributed by atoms with Crippen LogP contribution in [0.2, 0.25) is 0 Å². The highest BCUT2D eigenvalue weighted by Crippen LogP contribution is 2.29. The molecule has 18 heavy (non-hydrogen) atoms. The topological polar surface area (TPSA) is 32.3 Å². The Hall–Kier alpha value is -0.830. The van der Waals surface area contributed by atoms with E-state index < -0.39 is 0 Å². The number of hydrogen-bond donors (Lipinski definition) is 1. The highest BCUT2D eigenvalue weighted by Gasteiger charge is 2.33. The highest BCUT2D eigenvalue weighted by molar-refractivity contribution is 5.77. The van der Waals surface area contributed by atoms with Crippen molar-refractivity contribution in [3.8, 4) is 0 Å². The smallest absolute Gasteiger partial charge is 0.223 e. The molecule has 2 unspecified atom stereocenters. The molecule has 1 saturated heterocycles. The Morgan fingerprint density at radius 2 is 2.28 bits per heavy atom. The van der Waals surface area contributed by atoms with Crippen LogP contribution in [0, 0.1) is 11.8 Å². The summed E-state index contributed by atoms with van der Waals surface area (Å²) in [6.07, 6.45) is 7.44. The number of piperidine rings is 1. The van der Waals surface area contributed by atoms with Gasteiger partial charge in [0, 0.05) is 19.0 Å². The van der Waals surface area contributed by atoms with Crippen molar-refractivity contribution in [2.75, 3.05) is 19.6 Å².